The smallest absolute Gasteiger partial charge is 0.400 e. The lowest BCUT2D eigenvalue weighted by Crippen LogP contribution is -2.41. The molecule has 126 valence electrons. The molecule has 2 aromatic rings. The van der Waals surface area contributed by atoms with E-state index in [1.165, 1.54) is 5.39 Å². The van der Waals surface area contributed by atoms with Crippen molar-refractivity contribution >= 4 is 24.0 Å². The van der Waals surface area contributed by atoms with E-state index in [1.54, 1.807) is 0 Å². The molecule has 0 radical (unpaired) electrons. The fourth-order valence-corrected chi connectivity index (χ4v) is 2.86. The first kappa shape index (κ1) is 17.1. The molecule has 0 amide bonds. The third-order valence-corrected chi connectivity index (χ3v) is 4.98. The van der Waals surface area contributed by atoms with Crippen molar-refractivity contribution in [3.63, 3.8) is 0 Å². The van der Waals surface area contributed by atoms with Gasteiger partial charge in [0.05, 0.1) is 11.2 Å². The molecule has 4 nitrogen and oxygen atoms in total. The molecule has 1 aromatic carbocycles. The van der Waals surface area contributed by atoms with Crippen LogP contribution in [-0.2, 0) is 9.31 Å². The summed E-state index contributed by atoms with van der Waals surface area (Å²) in [6.07, 6.45) is 5.91. The number of hydrogen-bond donors (Lipinski definition) is 1. The Morgan fingerprint density at radius 2 is 1.79 bits per heavy atom. The van der Waals surface area contributed by atoms with E-state index in [-0.39, 0.29) is 18.3 Å². The third kappa shape index (κ3) is 3.12. The van der Waals surface area contributed by atoms with Gasteiger partial charge in [0.15, 0.2) is 0 Å². The number of benzene rings is 1. The molecule has 0 aliphatic carbocycles. The second-order valence-electron chi connectivity index (χ2n) is 7.29. The molecule has 2 heterocycles. The monoisotopic (exact) mass is 324 g/mol. The molecule has 1 aliphatic rings. The van der Waals surface area contributed by atoms with Crippen LogP contribution >= 0.6 is 0 Å². The largest absolute Gasteiger partial charge is 0.491 e. The van der Waals surface area contributed by atoms with Crippen molar-refractivity contribution < 1.29 is 9.31 Å². The minimum Gasteiger partial charge on any atom is -0.400 e. The van der Waals surface area contributed by atoms with Crippen LogP contribution in [-0.4, -0.2) is 36.9 Å². The van der Waals surface area contributed by atoms with Crippen LogP contribution in [0.2, 0.25) is 0 Å². The molecule has 0 unspecified atom stereocenters. The van der Waals surface area contributed by atoms with Crippen molar-refractivity contribution in [1.29, 1.82) is 0 Å². The number of fused-ring (bicyclic) bond motifs is 1. The van der Waals surface area contributed by atoms with Gasteiger partial charge in [-0.2, -0.15) is 0 Å². The SMILES string of the molecule is CNCC(=Cc1cncc2ccccc12)B1OC(C)(C)C(C)(C)O1. The molecule has 0 saturated carbocycles. The normalized spacial score (nSPS) is 19.9. The lowest BCUT2D eigenvalue weighted by atomic mass is 9.77. The van der Waals surface area contributed by atoms with Crippen molar-refractivity contribution in [2.75, 3.05) is 13.6 Å². The summed E-state index contributed by atoms with van der Waals surface area (Å²) >= 11 is 0. The first-order chi connectivity index (χ1) is 11.3. The number of aromatic nitrogens is 1. The Morgan fingerprint density at radius 1 is 1.12 bits per heavy atom. The summed E-state index contributed by atoms with van der Waals surface area (Å²) in [5, 5.41) is 5.53. The van der Waals surface area contributed by atoms with Gasteiger partial charge in [-0.25, -0.2) is 0 Å². The van der Waals surface area contributed by atoms with E-state index < -0.39 is 0 Å². The van der Waals surface area contributed by atoms with Gasteiger partial charge in [-0.1, -0.05) is 30.3 Å². The zero-order chi connectivity index (χ0) is 17.4. The van der Waals surface area contributed by atoms with Crippen molar-refractivity contribution in [2.24, 2.45) is 0 Å². The van der Waals surface area contributed by atoms with Crippen LogP contribution in [0, 0.1) is 0 Å². The maximum atomic E-state index is 6.21. The molecule has 5 heteroatoms. The maximum absolute atomic E-state index is 6.21. The number of nitrogens with one attached hydrogen (secondary N) is 1. The number of pyridine rings is 1. The summed E-state index contributed by atoms with van der Waals surface area (Å²) in [5.41, 5.74) is 1.45. The van der Waals surface area contributed by atoms with Crippen LogP contribution in [0.5, 0.6) is 0 Å². The Kier molecular flexibility index (Phi) is 4.51. The number of likely N-dealkylation sites (N-methyl/N-ethyl adjacent to an activating group) is 1. The average Bonchev–Trinajstić information content (AvgIpc) is 2.75. The van der Waals surface area contributed by atoms with E-state index >= 15 is 0 Å². The fourth-order valence-electron chi connectivity index (χ4n) is 2.86. The molecule has 3 rings (SSSR count). The summed E-state index contributed by atoms with van der Waals surface area (Å²) in [4.78, 5) is 4.36. The molecule has 1 saturated heterocycles. The van der Waals surface area contributed by atoms with Crippen LogP contribution in [0.1, 0.15) is 33.3 Å². The molecule has 0 spiro atoms. The Bertz CT molecular complexity index is 750. The van der Waals surface area contributed by atoms with Crippen molar-refractivity contribution in [3.8, 4) is 0 Å². The Balaban J connectivity index is 2.01. The highest BCUT2D eigenvalue weighted by molar-refractivity contribution is 6.56. The molecule has 1 fully saturated rings. The number of rotatable bonds is 4. The minimum atomic E-state index is -0.360. The fraction of sp³-hybridized carbons (Fsp3) is 0.421. The van der Waals surface area contributed by atoms with E-state index in [2.05, 4.69) is 56.2 Å². The van der Waals surface area contributed by atoms with Gasteiger partial charge in [-0.15, -0.1) is 0 Å². The molecule has 0 bridgehead atoms. The Morgan fingerprint density at radius 3 is 2.46 bits per heavy atom. The molecule has 1 aromatic heterocycles. The third-order valence-electron chi connectivity index (χ3n) is 4.98. The second kappa shape index (κ2) is 6.32. The lowest BCUT2D eigenvalue weighted by Gasteiger charge is -2.32. The average molecular weight is 324 g/mol. The Hall–Kier alpha value is -1.69. The van der Waals surface area contributed by atoms with E-state index in [0.717, 1.165) is 16.4 Å². The van der Waals surface area contributed by atoms with Gasteiger partial charge in [0, 0.05) is 24.3 Å². The maximum Gasteiger partial charge on any atom is 0.491 e. The van der Waals surface area contributed by atoms with Gasteiger partial charge >= 0.3 is 7.12 Å². The summed E-state index contributed by atoms with van der Waals surface area (Å²) in [7, 11) is 1.57. The van der Waals surface area contributed by atoms with Crippen LogP contribution < -0.4 is 5.32 Å². The highest BCUT2D eigenvalue weighted by Crippen LogP contribution is 2.38. The molecule has 1 aliphatic heterocycles. The van der Waals surface area contributed by atoms with Gasteiger partial charge in [0.1, 0.15) is 0 Å². The topological polar surface area (TPSA) is 43.4 Å². The van der Waals surface area contributed by atoms with E-state index in [1.807, 2.05) is 31.6 Å². The van der Waals surface area contributed by atoms with Gasteiger partial charge in [0.25, 0.3) is 0 Å². The highest BCUT2D eigenvalue weighted by atomic mass is 16.7. The quantitative estimate of drug-likeness (QED) is 0.875. The second-order valence-corrected chi connectivity index (χ2v) is 7.29. The summed E-state index contributed by atoms with van der Waals surface area (Å²) in [6.45, 7) is 8.99. The summed E-state index contributed by atoms with van der Waals surface area (Å²) in [6, 6.07) is 8.27. The van der Waals surface area contributed by atoms with Crippen LogP contribution in [0.25, 0.3) is 16.8 Å². The predicted octanol–water partition coefficient (Wildman–Crippen LogP) is 3.47. The standard InChI is InChI=1S/C19H25BN2O2/c1-18(2)19(3,4)24-20(23-18)16(13-21-5)10-15-12-22-11-14-8-6-7-9-17(14)15/h6-12,21H,13H2,1-5H3. The van der Waals surface area contributed by atoms with Crippen LogP contribution in [0.15, 0.2) is 42.1 Å². The molecule has 0 atom stereocenters. The number of nitrogens with zero attached hydrogens (tertiary/aromatic N) is 1. The highest BCUT2D eigenvalue weighted by Gasteiger charge is 2.52. The van der Waals surface area contributed by atoms with Crippen molar-refractivity contribution in [1.82, 2.24) is 10.3 Å². The van der Waals surface area contributed by atoms with Gasteiger partial charge in [-0.05, 0) is 51.2 Å². The van der Waals surface area contributed by atoms with Gasteiger partial charge < -0.3 is 14.6 Å². The Labute approximate surface area is 144 Å². The first-order valence-electron chi connectivity index (χ1n) is 8.37. The zero-order valence-electron chi connectivity index (χ0n) is 15.1. The summed E-state index contributed by atoms with van der Waals surface area (Å²) < 4.78 is 12.4. The molecular weight excluding hydrogens is 299 g/mol. The predicted molar refractivity (Wildman–Crippen MR) is 99.7 cm³/mol. The van der Waals surface area contributed by atoms with E-state index in [4.69, 9.17) is 9.31 Å². The number of hydrogen-bond acceptors (Lipinski definition) is 4. The molecular formula is C19H25BN2O2. The summed E-state index contributed by atoms with van der Waals surface area (Å²) in [5.74, 6) is 0. The lowest BCUT2D eigenvalue weighted by molar-refractivity contribution is 0.00578. The van der Waals surface area contributed by atoms with Crippen LogP contribution in [0.3, 0.4) is 0 Å². The van der Waals surface area contributed by atoms with Crippen LogP contribution in [0.4, 0.5) is 0 Å². The van der Waals surface area contributed by atoms with E-state index in [0.29, 0.717) is 6.54 Å². The zero-order valence-corrected chi connectivity index (χ0v) is 15.1. The minimum absolute atomic E-state index is 0.346. The first-order valence-corrected chi connectivity index (χ1v) is 8.37. The van der Waals surface area contributed by atoms with Gasteiger partial charge in [0.2, 0.25) is 0 Å². The van der Waals surface area contributed by atoms with Crippen molar-refractivity contribution in [2.45, 2.75) is 38.9 Å². The molecule has 24 heavy (non-hydrogen) atoms. The van der Waals surface area contributed by atoms with Crippen molar-refractivity contribution in [3.05, 3.63) is 47.7 Å². The molecule has 1 N–H and O–H groups in total. The van der Waals surface area contributed by atoms with Gasteiger partial charge in [-0.3, -0.25) is 4.98 Å². The van der Waals surface area contributed by atoms with E-state index in [9.17, 15) is 0 Å².